The van der Waals surface area contributed by atoms with Crippen LogP contribution in [0.2, 0.25) is 0 Å². The number of carbonyl (C=O) groups excluding carboxylic acids is 2. The lowest BCUT2D eigenvalue weighted by atomic mass is 9.90. The molecule has 2 heterocycles. The smallest absolute Gasteiger partial charge is 0.329 e. The lowest BCUT2D eigenvalue weighted by molar-refractivity contribution is -0.925. The van der Waals surface area contributed by atoms with Crippen LogP contribution < -0.4 is 19.7 Å². The zero-order valence-corrected chi connectivity index (χ0v) is 17.5. The second-order valence-corrected chi connectivity index (χ2v) is 8.53. The van der Waals surface area contributed by atoms with Gasteiger partial charge in [0.1, 0.15) is 23.1 Å². The van der Waals surface area contributed by atoms with Gasteiger partial charge in [-0.25, -0.2) is 9.69 Å². The summed E-state index contributed by atoms with van der Waals surface area (Å²) in [6.45, 7) is 1.33. The SMILES string of the molecule is COc1ccc(OC)c([C@H]2CCC[NH+]2CN2C(=O)NC3(CCCCCC3)C2=O)c1. The molecule has 1 aliphatic carbocycles. The summed E-state index contributed by atoms with van der Waals surface area (Å²) in [5.74, 6) is 1.59. The van der Waals surface area contributed by atoms with Crippen molar-refractivity contribution >= 4 is 11.9 Å². The topological polar surface area (TPSA) is 72.3 Å². The molecule has 4 rings (SSSR count). The highest BCUT2D eigenvalue weighted by atomic mass is 16.5. The van der Waals surface area contributed by atoms with Gasteiger partial charge >= 0.3 is 6.03 Å². The van der Waals surface area contributed by atoms with E-state index in [1.807, 2.05) is 18.2 Å². The number of hydrogen-bond donors (Lipinski definition) is 2. The summed E-state index contributed by atoms with van der Waals surface area (Å²) in [4.78, 5) is 28.7. The first-order chi connectivity index (χ1) is 14.1. The molecule has 2 saturated heterocycles. The standard InChI is InChI=1S/C22H31N3O4/c1-28-16-9-10-19(29-2)17(14-16)18-8-7-13-24(18)15-25-20(26)22(23-21(25)27)11-5-3-4-6-12-22/h9-10,14,18H,3-8,11-13,15H2,1-2H3,(H,23,27)/p+1/t18-/m1/s1. The average molecular weight is 403 g/mol. The van der Waals surface area contributed by atoms with Crippen LogP contribution in [0.5, 0.6) is 11.5 Å². The number of hydrogen-bond acceptors (Lipinski definition) is 4. The van der Waals surface area contributed by atoms with Gasteiger partial charge < -0.3 is 19.7 Å². The van der Waals surface area contributed by atoms with Gasteiger partial charge in [-0.3, -0.25) is 4.79 Å². The van der Waals surface area contributed by atoms with E-state index in [-0.39, 0.29) is 18.0 Å². The van der Waals surface area contributed by atoms with E-state index in [0.29, 0.717) is 6.67 Å². The van der Waals surface area contributed by atoms with Crippen molar-refractivity contribution in [3.8, 4) is 11.5 Å². The number of nitrogens with zero attached hydrogens (tertiary/aromatic N) is 1. The van der Waals surface area contributed by atoms with Gasteiger partial charge in [-0.15, -0.1) is 0 Å². The number of methoxy groups -OCH3 is 2. The molecule has 29 heavy (non-hydrogen) atoms. The van der Waals surface area contributed by atoms with Crippen LogP contribution >= 0.6 is 0 Å². The van der Waals surface area contributed by atoms with E-state index in [9.17, 15) is 9.59 Å². The number of imide groups is 1. The molecule has 0 aromatic heterocycles. The Morgan fingerprint density at radius 1 is 1.10 bits per heavy atom. The van der Waals surface area contributed by atoms with Crippen LogP contribution in [0.25, 0.3) is 0 Å². The van der Waals surface area contributed by atoms with Gasteiger partial charge in [-0.1, -0.05) is 25.7 Å². The van der Waals surface area contributed by atoms with Crippen LogP contribution in [0.4, 0.5) is 4.79 Å². The summed E-state index contributed by atoms with van der Waals surface area (Å²) in [5, 5.41) is 3.06. The van der Waals surface area contributed by atoms with Crippen LogP contribution in [-0.4, -0.2) is 49.8 Å². The Balaban J connectivity index is 1.55. The van der Waals surface area contributed by atoms with E-state index in [1.54, 1.807) is 14.2 Å². The van der Waals surface area contributed by atoms with E-state index in [1.165, 1.54) is 9.80 Å². The molecule has 7 nitrogen and oxygen atoms in total. The molecular weight excluding hydrogens is 370 g/mol. The van der Waals surface area contributed by atoms with Crippen LogP contribution in [0.15, 0.2) is 18.2 Å². The molecule has 2 aliphatic heterocycles. The van der Waals surface area contributed by atoms with Crippen molar-refractivity contribution in [3.63, 3.8) is 0 Å². The molecule has 2 N–H and O–H groups in total. The second-order valence-electron chi connectivity index (χ2n) is 8.53. The number of benzene rings is 1. The van der Waals surface area contributed by atoms with E-state index < -0.39 is 5.54 Å². The van der Waals surface area contributed by atoms with Crippen molar-refractivity contribution < 1.29 is 24.0 Å². The summed E-state index contributed by atoms with van der Waals surface area (Å²) in [6.07, 6.45) is 7.84. The largest absolute Gasteiger partial charge is 0.497 e. The third kappa shape index (κ3) is 3.68. The van der Waals surface area contributed by atoms with Crippen molar-refractivity contribution in [1.29, 1.82) is 0 Å². The highest BCUT2D eigenvalue weighted by Crippen LogP contribution is 2.34. The fourth-order valence-corrected chi connectivity index (χ4v) is 5.28. The fraction of sp³-hybridized carbons (Fsp3) is 0.636. The van der Waals surface area contributed by atoms with Gasteiger partial charge in [0.15, 0.2) is 6.67 Å². The Morgan fingerprint density at radius 2 is 1.86 bits per heavy atom. The zero-order valence-electron chi connectivity index (χ0n) is 17.5. The molecule has 1 aromatic rings. The Bertz CT molecular complexity index is 773. The molecule has 1 saturated carbocycles. The van der Waals surface area contributed by atoms with Crippen LogP contribution in [-0.2, 0) is 4.79 Å². The lowest BCUT2D eigenvalue weighted by Gasteiger charge is -2.28. The maximum absolute atomic E-state index is 13.3. The molecule has 0 bridgehead atoms. The van der Waals surface area contributed by atoms with Crippen molar-refractivity contribution in [3.05, 3.63) is 23.8 Å². The summed E-state index contributed by atoms with van der Waals surface area (Å²) in [6, 6.07) is 5.79. The molecule has 3 aliphatic rings. The average Bonchev–Trinajstić information content (AvgIpc) is 3.18. The zero-order chi connectivity index (χ0) is 20.4. The maximum Gasteiger partial charge on any atom is 0.329 e. The fourth-order valence-electron chi connectivity index (χ4n) is 5.28. The van der Waals surface area contributed by atoms with Crippen molar-refractivity contribution in [1.82, 2.24) is 10.2 Å². The highest BCUT2D eigenvalue weighted by molar-refractivity contribution is 6.06. The first-order valence-electron chi connectivity index (χ1n) is 10.8. The highest BCUT2D eigenvalue weighted by Gasteiger charge is 2.52. The minimum absolute atomic E-state index is 0.0276. The molecule has 3 amide bonds. The molecule has 3 fully saturated rings. The summed E-state index contributed by atoms with van der Waals surface area (Å²) in [7, 11) is 3.33. The molecule has 2 atom stereocenters. The molecule has 158 valence electrons. The predicted octanol–water partition coefficient (Wildman–Crippen LogP) is 2.03. The van der Waals surface area contributed by atoms with Gasteiger partial charge in [0.05, 0.1) is 26.3 Å². The van der Waals surface area contributed by atoms with E-state index in [0.717, 1.165) is 75.0 Å². The third-order valence-corrected chi connectivity index (χ3v) is 6.86. The summed E-state index contributed by atoms with van der Waals surface area (Å²) < 4.78 is 11.0. The van der Waals surface area contributed by atoms with E-state index in [2.05, 4.69) is 5.32 Å². The summed E-state index contributed by atoms with van der Waals surface area (Å²) >= 11 is 0. The molecule has 1 spiro atoms. The predicted molar refractivity (Wildman–Crippen MR) is 108 cm³/mol. The minimum atomic E-state index is -0.671. The Kier molecular flexibility index (Phi) is 5.67. The number of quaternary nitrogens is 1. The first-order valence-corrected chi connectivity index (χ1v) is 10.8. The van der Waals surface area contributed by atoms with E-state index in [4.69, 9.17) is 9.47 Å². The Labute approximate surface area is 172 Å². The minimum Gasteiger partial charge on any atom is -0.497 e. The van der Waals surface area contributed by atoms with Crippen molar-refractivity contribution in [2.45, 2.75) is 62.9 Å². The van der Waals surface area contributed by atoms with Gasteiger partial charge in [0.25, 0.3) is 5.91 Å². The number of rotatable bonds is 5. The molecular formula is C22H32N3O4+. The van der Waals surface area contributed by atoms with Gasteiger partial charge in [-0.2, -0.15) is 0 Å². The number of amides is 3. The number of ether oxygens (including phenoxy) is 2. The third-order valence-electron chi connectivity index (χ3n) is 6.86. The van der Waals surface area contributed by atoms with Gasteiger partial charge in [0.2, 0.25) is 0 Å². The quantitative estimate of drug-likeness (QED) is 0.740. The maximum atomic E-state index is 13.3. The number of likely N-dealkylation sites (tertiary alicyclic amines) is 1. The van der Waals surface area contributed by atoms with Crippen molar-refractivity contribution in [2.75, 3.05) is 27.4 Å². The monoisotopic (exact) mass is 402 g/mol. The van der Waals surface area contributed by atoms with Crippen LogP contribution in [0.3, 0.4) is 0 Å². The van der Waals surface area contributed by atoms with Gasteiger partial charge in [0, 0.05) is 12.8 Å². The number of nitrogens with one attached hydrogen (secondary N) is 2. The molecule has 1 aromatic carbocycles. The lowest BCUT2D eigenvalue weighted by Crippen LogP contribution is -3.12. The van der Waals surface area contributed by atoms with Crippen LogP contribution in [0, 0.1) is 0 Å². The Morgan fingerprint density at radius 3 is 2.55 bits per heavy atom. The number of carbonyl (C=O) groups is 2. The molecule has 1 unspecified atom stereocenters. The first kappa shape index (κ1) is 20.0. The summed E-state index contributed by atoms with van der Waals surface area (Å²) in [5.41, 5.74) is 0.409. The van der Waals surface area contributed by atoms with Crippen LogP contribution in [0.1, 0.15) is 63.0 Å². The number of urea groups is 1. The molecule has 7 heteroatoms. The normalized spacial score (nSPS) is 26.5. The van der Waals surface area contributed by atoms with E-state index >= 15 is 0 Å². The second kappa shape index (κ2) is 8.22. The van der Waals surface area contributed by atoms with Crippen molar-refractivity contribution in [2.24, 2.45) is 0 Å². The molecule has 0 radical (unpaired) electrons. The Hall–Kier alpha value is -2.28. The van der Waals surface area contributed by atoms with Gasteiger partial charge in [-0.05, 0) is 31.0 Å².